The van der Waals surface area contributed by atoms with Gasteiger partial charge in [0.25, 0.3) is 0 Å². The number of anilines is 1. The van der Waals surface area contributed by atoms with Crippen LogP contribution in [0.25, 0.3) is 0 Å². The Hall–Kier alpha value is -2.08. The lowest BCUT2D eigenvalue weighted by Crippen LogP contribution is -2.43. The topological polar surface area (TPSA) is 148 Å². The van der Waals surface area contributed by atoms with Crippen LogP contribution in [-0.2, 0) is 0 Å². The van der Waals surface area contributed by atoms with E-state index in [0.29, 0.717) is 23.4 Å². The number of carbonyl (C=O) groups excluding carboxylic acids is 1. The number of aliphatic imine (C=N–C) groups is 1. The average molecular weight is 319 g/mol. The van der Waals surface area contributed by atoms with Crippen molar-refractivity contribution in [2.45, 2.75) is 0 Å². The van der Waals surface area contributed by atoms with Crippen molar-refractivity contribution >= 4 is 44.4 Å². The fraction of sp³-hybridized carbons (Fsp3) is 0.375. The standard InChI is InChI=1S/C8H13N7O3S2/c1-19-8(14-13-6(9)16)11-3-2-10-7-12-4-5(20-7)15(17)18/h4H,2-3H2,1H3,(H,10,12)(H,11,14)(H3,9,13,16). The van der Waals surface area contributed by atoms with Crippen molar-refractivity contribution < 1.29 is 9.72 Å². The van der Waals surface area contributed by atoms with Crippen LogP contribution in [0.1, 0.15) is 0 Å². The van der Waals surface area contributed by atoms with Gasteiger partial charge in [-0.1, -0.05) is 11.8 Å². The number of rotatable bonds is 5. The molecule has 0 spiro atoms. The molecule has 2 amide bonds. The average Bonchev–Trinajstić information content (AvgIpc) is 2.86. The lowest BCUT2D eigenvalue weighted by molar-refractivity contribution is -0.380. The smallest absolute Gasteiger partial charge is 0.345 e. The van der Waals surface area contributed by atoms with Crippen molar-refractivity contribution in [3.63, 3.8) is 0 Å². The summed E-state index contributed by atoms with van der Waals surface area (Å²) in [6, 6.07) is -0.708. The molecule has 0 unspecified atom stereocenters. The van der Waals surface area contributed by atoms with Gasteiger partial charge >= 0.3 is 11.0 Å². The van der Waals surface area contributed by atoms with Crippen LogP contribution in [0, 0.1) is 10.1 Å². The maximum absolute atomic E-state index is 10.5. The highest BCUT2D eigenvalue weighted by atomic mass is 32.2. The lowest BCUT2D eigenvalue weighted by Gasteiger charge is -2.07. The lowest BCUT2D eigenvalue weighted by atomic mass is 10.6. The summed E-state index contributed by atoms with van der Waals surface area (Å²) in [5.41, 5.74) is 9.65. The summed E-state index contributed by atoms with van der Waals surface area (Å²) >= 11 is 2.26. The van der Waals surface area contributed by atoms with Gasteiger partial charge in [0, 0.05) is 6.54 Å². The van der Waals surface area contributed by atoms with Gasteiger partial charge in [-0.2, -0.15) is 0 Å². The molecule has 5 N–H and O–H groups in total. The van der Waals surface area contributed by atoms with Crippen LogP contribution in [0.15, 0.2) is 11.2 Å². The van der Waals surface area contributed by atoms with Crippen LogP contribution in [0.5, 0.6) is 0 Å². The number of nitrogens with one attached hydrogen (secondary N) is 3. The summed E-state index contributed by atoms with van der Waals surface area (Å²) in [5.74, 6) is 0. The third kappa shape index (κ3) is 5.71. The molecule has 0 saturated heterocycles. The Labute approximate surface area is 122 Å². The number of thioether (sulfide) groups is 1. The number of amides is 2. The Bertz CT molecular complexity index is 504. The van der Waals surface area contributed by atoms with Crippen molar-refractivity contribution in [3.05, 3.63) is 16.3 Å². The van der Waals surface area contributed by atoms with Gasteiger partial charge in [-0.25, -0.2) is 9.78 Å². The fourth-order valence-corrected chi connectivity index (χ4v) is 2.05. The number of nitrogens with two attached hydrogens (primary N) is 1. The Kier molecular flexibility index (Phi) is 6.52. The highest BCUT2D eigenvalue weighted by molar-refractivity contribution is 8.13. The minimum atomic E-state index is -0.708. The second-order valence-corrected chi connectivity index (χ2v) is 5.00. The van der Waals surface area contributed by atoms with Gasteiger partial charge in [-0.15, -0.1) is 0 Å². The van der Waals surface area contributed by atoms with Crippen LogP contribution >= 0.6 is 23.1 Å². The van der Waals surface area contributed by atoms with Crippen molar-refractivity contribution in [2.24, 2.45) is 10.7 Å². The predicted octanol–water partition coefficient (Wildman–Crippen LogP) is 0.355. The Balaban J connectivity index is 2.34. The summed E-state index contributed by atoms with van der Waals surface area (Å²) in [5, 5.41) is 14.3. The van der Waals surface area contributed by atoms with E-state index in [-0.39, 0.29) is 5.00 Å². The summed E-state index contributed by atoms with van der Waals surface area (Å²) in [4.78, 5) is 28.5. The van der Waals surface area contributed by atoms with Gasteiger partial charge in [-0.3, -0.25) is 26.0 Å². The number of hydrazine groups is 1. The molecule has 0 fully saturated rings. The van der Waals surface area contributed by atoms with E-state index >= 15 is 0 Å². The third-order valence-electron chi connectivity index (χ3n) is 1.80. The van der Waals surface area contributed by atoms with Crippen molar-refractivity contribution in [1.82, 2.24) is 15.8 Å². The van der Waals surface area contributed by atoms with Crippen LogP contribution < -0.4 is 21.9 Å². The van der Waals surface area contributed by atoms with Gasteiger partial charge in [0.1, 0.15) is 6.20 Å². The molecule has 10 nitrogen and oxygen atoms in total. The number of amidine groups is 1. The monoisotopic (exact) mass is 319 g/mol. The molecule has 0 aliphatic rings. The number of thiazole rings is 1. The number of nitrogens with zero attached hydrogens (tertiary/aromatic N) is 3. The second-order valence-electron chi connectivity index (χ2n) is 3.19. The first-order chi connectivity index (χ1) is 9.52. The molecule has 0 bridgehead atoms. The van der Waals surface area contributed by atoms with Crippen LogP contribution in [-0.4, -0.2) is 40.5 Å². The molecular weight excluding hydrogens is 306 g/mol. The first kappa shape index (κ1) is 16.0. The van der Waals surface area contributed by atoms with Gasteiger partial charge < -0.3 is 11.1 Å². The number of aromatic nitrogens is 1. The zero-order valence-corrected chi connectivity index (χ0v) is 12.1. The summed E-state index contributed by atoms with van der Waals surface area (Å²) in [6.07, 6.45) is 2.98. The molecule has 20 heavy (non-hydrogen) atoms. The fourth-order valence-electron chi connectivity index (χ4n) is 1.02. The number of nitro groups is 1. The molecule has 1 rings (SSSR count). The molecule has 0 aliphatic carbocycles. The summed E-state index contributed by atoms with van der Waals surface area (Å²) in [7, 11) is 0. The number of hydrogen-bond donors (Lipinski definition) is 4. The van der Waals surface area contributed by atoms with Crippen LogP contribution in [0.3, 0.4) is 0 Å². The molecular formula is C8H13N7O3S2. The van der Waals surface area contributed by atoms with E-state index in [1.165, 1.54) is 18.0 Å². The van der Waals surface area contributed by atoms with E-state index in [4.69, 9.17) is 5.73 Å². The zero-order chi connectivity index (χ0) is 15.0. The molecule has 0 aromatic carbocycles. The molecule has 1 heterocycles. The maximum Gasteiger partial charge on any atom is 0.345 e. The van der Waals surface area contributed by atoms with E-state index in [2.05, 4.69) is 26.1 Å². The summed E-state index contributed by atoms with van der Waals surface area (Å²) in [6.45, 7) is 0.851. The minimum Gasteiger partial charge on any atom is -0.359 e. The first-order valence-electron chi connectivity index (χ1n) is 5.27. The molecule has 0 radical (unpaired) electrons. The normalized spacial score (nSPS) is 10.9. The van der Waals surface area contributed by atoms with Crippen LogP contribution in [0.4, 0.5) is 14.9 Å². The number of urea groups is 1. The largest absolute Gasteiger partial charge is 0.359 e. The third-order valence-corrected chi connectivity index (χ3v) is 3.33. The molecule has 1 aromatic rings. The SMILES string of the molecule is CSC(=NCCNc1ncc([N+](=O)[O-])s1)NNC(N)=O. The molecule has 110 valence electrons. The molecule has 12 heteroatoms. The Morgan fingerprint density at radius 3 is 2.95 bits per heavy atom. The van der Waals surface area contributed by atoms with E-state index in [9.17, 15) is 14.9 Å². The molecule has 0 aliphatic heterocycles. The second kappa shape index (κ2) is 8.16. The van der Waals surface area contributed by atoms with Crippen molar-refractivity contribution in [2.75, 3.05) is 24.7 Å². The van der Waals surface area contributed by atoms with Crippen molar-refractivity contribution in [3.8, 4) is 0 Å². The quantitative estimate of drug-likeness (QED) is 0.201. The molecule has 1 aromatic heterocycles. The maximum atomic E-state index is 10.5. The van der Waals surface area contributed by atoms with E-state index in [1.54, 1.807) is 6.26 Å². The first-order valence-corrected chi connectivity index (χ1v) is 7.31. The highest BCUT2D eigenvalue weighted by Gasteiger charge is 2.10. The van der Waals surface area contributed by atoms with Gasteiger partial charge in [0.2, 0.25) is 0 Å². The summed E-state index contributed by atoms with van der Waals surface area (Å²) < 4.78 is 0. The van der Waals surface area contributed by atoms with Crippen molar-refractivity contribution in [1.29, 1.82) is 0 Å². The molecule has 0 atom stereocenters. The zero-order valence-electron chi connectivity index (χ0n) is 10.5. The van der Waals surface area contributed by atoms with Gasteiger partial charge in [0.15, 0.2) is 10.3 Å². The molecule has 0 saturated carbocycles. The highest BCUT2D eigenvalue weighted by Crippen LogP contribution is 2.24. The predicted molar refractivity (Wildman–Crippen MR) is 78.9 cm³/mol. The number of carbonyl (C=O) groups is 1. The van der Waals surface area contributed by atoms with Crippen LogP contribution in [0.2, 0.25) is 0 Å². The van der Waals surface area contributed by atoms with E-state index in [0.717, 1.165) is 11.3 Å². The number of hydrogen-bond acceptors (Lipinski definition) is 8. The van der Waals surface area contributed by atoms with E-state index < -0.39 is 11.0 Å². The van der Waals surface area contributed by atoms with Gasteiger partial charge in [0.05, 0.1) is 11.5 Å². The Morgan fingerprint density at radius 2 is 2.40 bits per heavy atom. The number of primary amides is 1. The minimum absolute atomic E-state index is 0.0203. The Morgan fingerprint density at radius 1 is 1.65 bits per heavy atom. The van der Waals surface area contributed by atoms with E-state index in [1.807, 2.05) is 0 Å². The van der Waals surface area contributed by atoms with Gasteiger partial charge in [-0.05, 0) is 17.6 Å².